The summed E-state index contributed by atoms with van der Waals surface area (Å²) in [5.41, 5.74) is 1.61. The van der Waals surface area contributed by atoms with Crippen molar-refractivity contribution < 1.29 is 29.2 Å². The van der Waals surface area contributed by atoms with Crippen LogP contribution in [0.4, 0.5) is 0 Å². The molecule has 2 aromatic carbocycles. The molecule has 1 aliphatic heterocycles. The van der Waals surface area contributed by atoms with Gasteiger partial charge in [0.05, 0.1) is 26.4 Å². The van der Waals surface area contributed by atoms with Crippen LogP contribution in [-0.2, 0) is 22.7 Å². The minimum Gasteiger partial charge on any atom is -0.458 e. The summed E-state index contributed by atoms with van der Waals surface area (Å²) in [7, 11) is 0. The van der Waals surface area contributed by atoms with Crippen LogP contribution in [0.15, 0.2) is 48.5 Å². The van der Waals surface area contributed by atoms with Crippen LogP contribution in [0.5, 0.6) is 11.5 Å². The van der Waals surface area contributed by atoms with Gasteiger partial charge in [-0.25, -0.2) is 0 Å². The van der Waals surface area contributed by atoms with Crippen molar-refractivity contribution in [2.24, 2.45) is 0 Å². The van der Waals surface area contributed by atoms with E-state index in [-0.39, 0.29) is 13.2 Å². The second-order valence-electron chi connectivity index (χ2n) is 5.32. The lowest BCUT2D eigenvalue weighted by atomic mass is 10.2. The Balaban J connectivity index is 1.65. The summed E-state index contributed by atoms with van der Waals surface area (Å²) in [6.07, 6.45) is -1.40. The first-order chi connectivity index (χ1) is 11.8. The fourth-order valence-electron chi connectivity index (χ4n) is 2.28. The maximum Gasteiger partial charge on any atom is 0.263 e. The molecule has 1 saturated heterocycles. The van der Waals surface area contributed by atoms with Crippen molar-refractivity contribution in [3.8, 4) is 11.5 Å². The molecule has 0 unspecified atom stereocenters. The third-order valence-corrected chi connectivity index (χ3v) is 3.59. The SMILES string of the molecule is OCc1ccc(O[C@@H]2OCCO[C@H]2Oc2ccc(CO)cc2)cc1. The zero-order valence-electron chi connectivity index (χ0n) is 13.1. The van der Waals surface area contributed by atoms with Gasteiger partial charge in [0.1, 0.15) is 11.5 Å². The fraction of sp³-hybridized carbons (Fsp3) is 0.333. The third kappa shape index (κ3) is 4.24. The van der Waals surface area contributed by atoms with Crippen molar-refractivity contribution in [3.63, 3.8) is 0 Å². The molecule has 2 atom stereocenters. The third-order valence-electron chi connectivity index (χ3n) is 3.59. The van der Waals surface area contributed by atoms with E-state index in [9.17, 15) is 0 Å². The smallest absolute Gasteiger partial charge is 0.263 e. The van der Waals surface area contributed by atoms with E-state index in [1.807, 2.05) is 0 Å². The Morgan fingerprint density at radius 2 is 1.08 bits per heavy atom. The number of rotatable bonds is 6. The number of aliphatic hydroxyl groups is 2. The Labute approximate surface area is 140 Å². The molecule has 3 rings (SSSR count). The highest BCUT2D eigenvalue weighted by Crippen LogP contribution is 2.22. The molecule has 1 fully saturated rings. The molecular formula is C18H20O6. The molecule has 1 heterocycles. The summed E-state index contributed by atoms with van der Waals surface area (Å²) in [6, 6.07) is 14.2. The highest BCUT2D eigenvalue weighted by atomic mass is 16.8. The van der Waals surface area contributed by atoms with Gasteiger partial charge in [0.25, 0.3) is 12.6 Å². The van der Waals surface area contributed by atoms with Crippen LogP contribution >= 0.6 is 0 Å². The van der Waals surface area contributed by atoms with E-state index in [4.69, 9.17) is 29.2 Å². The molecule has 0 amide bonds. The number of ether oxygens (including phenoxy) is 4. The Hall–Kier alpha value is -2.12. The van der Waals surface area contributed by atoms with Crippen molar-refractivity contribution in [1.82, 2.24) is 0 Å². The lowest BCUT2D eigenvalue weighted by Crippen LogP contribution is -2.45. The Kier molecular flexibility index (Phi) is 5.66. The van der Waals surface area contributed by atoms with Crippen molar-refractivity contribution in [2.75, 3.05) is 13.2 Å². The second kappa shape index (κ2) is 8.12. The van der Waals surface area contributed by atoms with Gasteiger partial charge >= 0.3 is 0 Å². The number of hydrogen-bond acceptors (Lipinski definition) is 6. The molecule has 0 aromatic heterocycles. The van der Waals surface area contributed by atoms with Crippen LogP contribution in [-0.4, -0.2) is 36.0 Å². The first-order valence-corrected chi connectivity index (χ1v) is 7.74. The first kappa shape index (κ1) is 16.7. The van der Waals surface area contributed by atoms with E-state index in [1.165, 1.54) is 0 Å². The monoisotopic (exact) mass is 332 g/mol. The van der Waals surface area contributed by atoms with Crippen LogP contribution < -0.4 is 9.47 Å². The summed E-state index contributed by atoms with van der Waals surface area (Å²) in [4.78, 5) is 0. The van der Waals surface area contributed by atoms with Gasteiger partial charge < -0.3 is 29.2 Å². The largest absolute Gasteiger partial charge is 0.458 e. The topological polar surface area (TPSA) is 77.4 Å². The van der Waals surface area contributed by atoms with Crippen LogP contribution in [0, 0.1) is 0 Å². The lowest BCUT2D eigenvalue weighted by Gasteiger charge is -2.31. The van der Waals surface area contributed by atoms with Crippen LogP contribution in [0.1, 0.15) is 11.1 Å². The molecular weight excluding hydrogens is 312 g/mol. The summed E-state index contributed by atoms with van der Waals surface area (Å²) >= 11 is 0. The molecule has 1 aliphatic rings. The average molecular weight is 332 g/mol. The van der Waals surface area contributed by atoms with E-state index < -0.39 is 12.6 Å². The van der Waals surface area contributed by atoms with Gasteiger partial charge in [-0.2, -0.15) is 0 Å². The first-order valence-electron chi connectivity index (χ1n) is 7.74. The summed E-state index contributed by atoms with van der Waals surface area (Å²) in [5.74, 6) is 1.21. The molecule has 2 N–H and O–H groups in total. The predicted molar refractivity (Wildman–Crippen MR) is 85.5 cm³/mol. The molecule has 0 radical (unpaired) electrons. The summed E-state index contributed by atoms with van der Waals surface area (Å²) in [6.45, 7) is 0.809. The van der Waals surface area contributed by atoms with Gasteiger partial charge in [0.2, 0.25) is 0 Å². The summed E-state index contributed by atoms with van der Waals surface area (Å²) in [5, 5.41) is 18.1. The fourth-order valence-corrected chi connectivity index (χ4v) is 2.28. The molecule has 6 nitrogen and oxygen atoms in total. The normalized spacial score (nSPS) is 20.6. The molecule has 0 spiro atoms. The van der Waals surface area contributed by atoms with Crippen LogP contribution in [0.3, 0.4) is 0 Å². The Morgan fingerprint density at radius 3 is 1.42 bits per heavy atom. The number of hydrogen-bond donors (Lipinski definition) is 2. The molecule has 0 saturated carbocycles. The Morgan fingerprint density at radius 1 is 0.708 bits per heavy atom. The van der Waals surface area contributed by atoms with Gasteiger partial charge in [-0.3, -0.25) is 0 Å². The van der Waals surface area contributed by atoms with Gasteiger partial charge in [-0.1, -0.05) is 24.3 Å². The van der Waals surface area contributed by atoms with Crippen molar-refractivity contribution >= 4 is 0 Å². The Bertz CT molecular complexity index is 567. The van der Waals surface area contributed by atoms with E-state index in [2.05, 4.69) is 0 Å². The second-order valence-corrected chi connectivity index (χ2v) is 5.32. The number of benzene rings is 2. The minimum atomic E-state index is -0.698. The summed E-state index contributed by atoms with van der Waals surface area (Å²) < 4.78 is 22.8. The highest BCUT2D eigenvalue weighted by Gasteiger charge is 2.31. The maximum absolute atomic E-state index is 9.07. The van der Waals surface area contributed by atoms with E-state index in [1.54, 1.807) is 48.5 Å². The molecule has 24 heavy (non-hydrogen) atoms. The standard InChI is InChI=1S/C18H20O6/c19-11-13-1-5-15(6-2-13)23-17-18(22-10-9-21-17)24-16-7-3-14(12-20)4-8-16/h1-8,17-20H,9-12H2/t17-,18-/m0/s1. The molecule has 2 aromatic rings. The van der Waals surface area contributed by atoms with E-state index in [0.717, 1.165) is 11.1 Å². The van der Waals surface area contributed by atoms with Crippen LogP contribution in [0.2, 0.25) is 0 Å². The lowest BCUT2D eigenvalue weighted by molar-refractivity contribution is -0.271. The predicted octanol–water partition coefficient (Wildman–Crippen LogP) is 1.83. The van der Waals surface area contributed by atoms with Gasteiger partial charge in [0.15, 0.2) is 0 Å². The molecule has 128 valence electrons. The van der Waals surface area contributed by atoms with Gasteiger partial charge in [-0.15, -0.1) is 0 Å². The number of aliphatic hydroxyl groups excluding tert-OH is 2. The average Bonchev–Trinajstić information content (AvgIpc) is 2.64. The maximum atomic E-state index is 9.07. The van der Waals surface area contributed by atoms with Crippen LogP contribution in [0.25, 0.3) is 0 Å². The van der Waals surface area contributed by atoms with Gasteiger partial charge in [0, 0.05) is 0 Å². The van der Waals surface area contributed by atoms with E-state index >= 15 is 0 Å². The van der Waals surface area contributed by atoms with E-state index in [0.29, 0.717) is 24.7 Å². The quantitative estimate of drug-likeness (QED) is 0.840. The van der Waals surface area contributed by atoms with Crippen molar-refractivity contribution in [1.29, 1.82) is 0 Å². The zero-order valence-corrected chi connectivity index (χ0v) is 13.1. The molecule has 0 bridgehead atoms. The minimum absolute atomic E-state index is 0.0150. The van der Waals surface area contributed by atoms with Gasteiger partial charge in [-0.05, 0) is 35.4 Å². The molecule has 0 aliphatic carbocycles. The van der Waals surface area contributed by atoms with Crippen molar-refractivity contribution in [2.45, 2.75) is 25.8 Å². The van der Waals surface area contributed by atoms with Crippen molar-refractivity contribution in [3.05, 3.63) is 59.7 Å². The zero-order chi connectivity index (χ0) is 16.8. The molecule has 6 heteroatoms. The highest BCUT2D eigenvalue weighted by molar-refractivity contribution is 5.28.